The summed E-state index contributed by atoms with van der Waals surface area (Å²) >= 11 is 1.24. The number of nitrogens with one attached hydrogen (secondary N) is 4. The van der Waals surface area contributed by atoms with Gasteiger partial charge in [0.2, 0.25) is 5.91 Å². The van der Waals surface area contributed by atoms with E-state index in [1.165, 1.54) is 24.6 Å². The van der Waals surface area contributed by atoms with Crippen LogP contribution in [0.15, 0.2) is 46.4 Å². The summed E-state index contributed by atoms with van der Waals surface area (Å²) in [6.45, 7) is 1.70. The SMILES string of the molecule is CNC(=O)Nc1ccc(NC(=O)Cc2csc(NC(=O)c3ccoc3C)n2)cc1. The summed E-state index contributed by atoms with van der Waals surface area (Å²) in [5, 5.41) is 12.7. The molecule has 0 saturated carbocycles. The van der Waals surface area contributed by atoms with Crippen molar-refractivity contribution in [3.05, 3.63) is 59.0 Å². The third-order valence-electron chi connectivity index (χ3n) is 3.87. The summed E-state index contributed by atoms with van der Waals surface area (Å²) < 4.78 is 5.12. The lowest BCUT2D eigenvalue weighted by atomic mass is 10.2. The van der Waals surface area contributed by atoms with Crippen LogP contribution in [0.5, 0.6) is 0 Å². The molecule has 0 fully saturated rings. The Morgan fingerprint density at radius 3 is 2.34 bits per heavy atom. The maximum Gasteiger partial charge on any atom is 0.318 e. The lowest BCUT2D eigenvalue weighted by Gasteiger charge is -2.07. The van der Waals surface area contributed by atoms with Gasteiger partial charge in [-0.1, -0.05) is 0 Å². The summed E-state index contributed by atoms with van der Waals surface area (Å²) in [5.41, 5.74) is 2.19. The molecular formula is C19H19N5O4S. The minimum atomic E-state index is -0.323. The number of anilines is 3. The number of aromatic nitrogens is 1. The summed E-state index contributed by atoms with van der Waals surface area (Å²) in [6, 6.07) is 7.99. The van der Waals surface area contributed by atoms with Gasteiger partial charge >= 0.3 is 6.03 Å². The molecule has 0 atom stereocenters. The molecule has 2 aromatic heterocycles. The Kier molecular flexibility index (Phi) is 6.25. The molecule has 1 aromatic carbocycles. The molecule has 3 rings (SSSR count). The monoisotopic (exact) mass is 413 g/mol. The Balaban J connectivity index is 1.53. The van der Waals surface area contributed by atoms with E-state index in [0.717, 1.165) is 0 Å². The van der Waals surface area contributed by atoms with Crippen molar-refractivity contribution in [1.29, 1.82) is 0 Å². The van der Waals surface area contributed by atoms with Crippen molar-refractivity contribution in [3.8, 4) is 0 Å². The normalized spacial score (nSPS) is 10.3. The number of amides is 4. The highest BCUT2D eigenvalue weighted by Gasteiger charge is 2.14. The van der Waals surface area contributed by atoms with Gasteiger partial charge in [0.25, 0.3) is 5.91 Å². The average Bonchev–Trinajstić information content (AvgIpc) is 3.31. The molecule has 0 radical (unpaired) electrons. The molecule has 9 nitrogen and oxygen atoms in total. The van der Waals surface area contributed by atoms with Crippen LogP contribution in [-0.2, 0) is 11.2 Å². The van der Waals surface area contributed by atoms with Crippen LogP contribution < -0.4 is 21.3 Å². The minimum absolute atomic E-state index is 0.0648. The molecule has 0 bridgehead atoms. The van der Waals surface area contributed by atoms with Crippen molar-refractivity contribution in [3.63, 3.8) is 0 Å². The van der Waals surface area contributed by atoms with Gasteiger partial charge < -0.3 is 20.4 Å². The number of carbonyl (C=O) groups is 3. The summed E-state index contributed by atoms with van der Waals surface area (Å²) in [5.74, 6) is -0.0341. The maximum atomic E-state index is 12.2. The van der Waals surface area contributed by atoms with Gasteiger partial charge in [0.1, 0.15) is 5.76 Å². The predicted molar refractivity (Wildman–Crippen MR) is 110 cm³/mol. The highest BCUT2D eigenvalue weighted by atomic mass is 32.1. The first-order valence-corrected chi connectivity index (χ1v) is 9.51. The fourth-order valence-electron chi connectivity index (χ4n) is 2.43. The topological polar surface area (TPSA) is 125 Å². The van der Waals surface area contributed by atoms with E-state index in [1.807, 2.05) is 0 Å². The predicted octanol–water partition coefficient (Wildman–Crippen LogP) is 3.23. The molecule has 4 N–H and O–H groups in total. The largest absolute Gasteiger partial charge is 0.469 e. The molecule has 10 heteroatoms. The standard InChI is InChI=1S/C19H19N5O4S/c1-11-15(7-8-28-11)17(26)24-19-23-14(10-29-19)9-16(25)21-12-3-5-13(6-4-12)22-18(27)20-2/h3-8,10H,9H2,1-2H3,(H,21,25)(H2,20,22,27)(H,23,24,26). The van der Waals surface area contributed by atoms with E-state index < -0.39 is 0 Å². The lowest BCUT2D eigenvalue weighted by Crippen LogP contribution is -2.24. The van der Waals surface area contributed by atoms with Crippen LogP contribution in [0.4, 0.5) is 21.3 Å². The first-order chi connectivity index (χ1) is 13.9. The van der Waals surface area contributed by atoms with Crippen molar-refractivity contribution < 1.29 is 18.8 Å². The summed E-state index contributed by atoms with van der Waals surface area (Å²) in [6.07, 6.45) is 1.51. The third-order valence-corrected chi connectivity index (χ3v) is 4.68. The fourth-order valence-corrected chi connectivity index (χ4v) is 3.14. The Bertz CT molecular complexity index is 1030. The van der Waals surface area contributed by atoms with E-state index in [1.54, 1.807) is 42.6 Å². The van der Waals surface area contributed by atoms with Crippen LogP contribution >= 0.6 is 11.3 Å². The molecule has 0 aliphatic carbocycles. The van der Waals surface area contributed by atoms with Gasteiger partial charge in [0.15, 0.2) is 5.13 Å². The zero-order valence-electron chi connectivity index (χ0n) is 15.7. The number of furan rings is 1. The number of thiazole rings is 1. The Labute approximate surface area is 170 Å². The van der Waals surface area contributed by atoms with Gasteiger partial charge in [-0.15, -0.1) is 11.3 Å². The molecule has 29 heavy (non-hydrogen) atoms. The maximum absolute atomic E-state index is 12.2. The van der Waals surface area contributed by atoms with Gasteiger partial charge in [0, 0.05) is 23.8 Å². The number of rotatable bonds is 6. The molecule has 4 amide bonds. The molecule has 0 unspecified atom stereocenters. The van der Waals surface area contributed by atoms with E-state index in [9.17, 15) is 14.4 Å². The van der Waals surface area contributed by atoms with Crippen LogP contribution in [-0.4, -0.2) is 29.9 Å². The zero-order chi connectivity index (χ0) is 20.8. The van der Waals surface area contributed by atoms with Gasteiger partial charge in [-0.25, -0.2) is 9.78 Å². The first-order valence-electron chi connectivity index (χ1n) is 8.63. The number of urea groups is 1. The number of benzene rings is 1. The second-order valence-electron chi connectivity index (χ2n) is 6.00. The number of hydrogen-bond acceptors (Lipinski definition) is 6. The quantitative estimate of drug-likeness (QED) is 0.494. The van der Waals surface area contributed by atoms with Gasteiger partial charge in [-0.2, -0.15) is 0 Å². The van der Waals surface area contributed by atoms with Crippen LogP contribution in [0.1, 0.15) is 21.8 Å². The van der Waals surface area contributed by atoms with E-state index in [4.69, 9.17) is 4.42 Å². The Morgan fingerprint density at radius 1 is 1.03 bits per heavy atom. The molecule has 0 saturated heterocycles. The number of carbonyl (C=O) groups excluding carboxylic acids is 3. The second-order valence-corrected chi connectivity index (χ2v) is 6.85. The van der Waals surface area contributed by atoms with Crippen molar-refractivity contribution in [2.75, 3.05) is 23.0 Å². The highest BCUT2D eigenvalue weighted by molar-refractivity contribution is 7.14. The highest BCUT2D eigenvalue weighted by Crippen LogP contribution is 2.19. The average molecular weight is 413 g/mol. The molecule has 0 spiro atoms. The van der Waals surface area contributed by atoms with E-state index >= 15 is 0 Å². The van der Waals surface area contributed by atoms with Gasteiger partial charge in [-0.3, -0.25) is 14.9 Å². The van der Waals surface area contributed by atoms with E-state index in [-0.39, 0.29) is 24.3 Å². The number of nitrogens with zero attached hydrogens (tertiary/aromatic N) is 1. The fraction of sp³-hybridized carbons (Fsp3) is 0.158. The number of hydrogen-bond donors (Lipinski definition) is 4. The Morgan fingerprint density at radius 2 is 1.72 bits per heavy atom. The lowest BCUT2D eigenvalue weighted by molar-refractivity contribution is -0.115. The number of aryl methyl sites for hydroxylation is 1. The molecule has 2 heterocycles. The molecule has 0 aliphatic rings. The zero-order valence-corrected chi connectivity index (χ0v) is 16.6. The Hall–Kier alpha value is -3.66. The molecule has 150 valence electrons. The van der Waals surface area contributed by atoms with E-state index in [2.05, 4.69) is 26.3 Å². The van der Waals surface area contributed by atoms with Crippen molar-refractivity contribution >= 4 is 45.7 Å². The van der Waals surface area contributed by atoms with Gasteiger partial charge in [-0.05, 0) is 37.3 Å². The molecule has 3 aromatic rings. The van der Waals surface area contributed by atoms with Crippen molar-refractivity contribution in [2.45, 2.75) is 13.3 Å². The second kappa shape index (κ2) is 9.02. The van der Waals surface area contributed by atoms with Crippen LogP contribution in [0.25, 0.3) is 0 Å². The van der Waals surface area contributed by atoms with Crippen LogP contribution in [0.2, 0.25) is 0 Å². The van der Waals surface area contributed by atoms with E-state index in [0.29, 0.717) is 33.5 Å². The minimum Gasteiger partial charge on any atom is -0.469 e. The van der Waals surface area contributed by atoms with Gasteiger partial charge in [0.05, 0.1) is 23.9 Å². The molecular weight excluding hydrogens is 394 g/mol. The summed E-state index contributed by atoms with van der Waals surface area (Å²) in [7, 11) is 1.53. The van der Waals surface area contributed by atoms with Crippen LogP contribution in [0.3, 0.4) is 0 Å². The summed E-state index contributed by atoms with van der Waals surface area (Å²) in [4.78, 5) is 39.9. The molecule has 0 aliphatic heterocycles. The third kappa shape index (κ3) is 5.42. The van der Waals surface area contributed by atoms with Crippen molar-refractivity contribution in [1.82, 2.24) is 10.3 Å². The smallest absolute Gasteiger partial charge is 0.318 e. The van der Waals surface area contributed by atoms with Crippen LogP contribution in [0, 0.1) is 6.92 Å². The van der Waals surface area contributed by atoms with Crippen molar-refractivity contribution in [2.24, 2.45) is 0 Å². The first kappa shape index (κ1) is 20.1.